The molecule has 39 heavy (non-hydrogen) atoms. The number of benzene rings is 1. The Morgan fingerprint density at radius 3 is 2.54 bits per heavy atom. The zero-order chi connectivity index (χ0) is 29.1. The van der Waals surface area contributed by atoms with Gasteiger partial charge in [0.05, 0.1) is 12.8 Å². The van der Waals surface area contributed by atoms with Crippen LogP contribution in [0.4, 0.5) is 10.5 Å². The molecule has 4 bridgehead atoms. The van der Waals surface area contributed by atoms with Gasteiger partial charge in [0.1, 0.15) is 23.0 Å². The highest BCUT2D eigenvalue weighted by atomic mass is 35.5. The van der Waals surface area contributed by atoms with Crippen molar-refractivity contribution in [3.63, 3.8) is 0 Å². The predicted molar refractivity (Wildman–Crippen MR) is 153 cm³/mol. The van der Waals surface area contributed by atoms with Crippen molar-refractivity contribution >= 4 is 29.3 Å². The average molecular weight is 563 g/mol. The second kappa shape index (κ2) is 12.3. The van der Waals surface area contributed by atoms with Crippen LogP contribution in [0.3, 0.4) is 0 Å². The summed E-state index contributed by atoms with van der Waals surface area (Å²) in [5.41, 5.74) is 0.665. The number of nitrogens with one attached hydrogen (secondary N) is 1. The molecule has 0 aromatic heterocycles. The first-order valence-electron chi connectivity index (χ1n) is 13.4. The maximum Gasteiger partial charge on any atom is 0.409 e. The number of anilines is 1. The van der Waals surface area contributed by atoms with E-state index in [1.54, 1.807) is 25.1 Å². The van der Waals surface area contributed by atoms with E-state index in [1.165, 1.54) is 7.11 Å². The Hall–Kier alpha value is -2.55. The van der Waals surface area contributed by atoms with Crippen molar-refractivity contribution in [2.75, 3.05) is 26.2 Å². The summed E-state index contributed by atoms with van der Waals surface area (Å²) in [7, 11) is 4.79. The van der Waals surface area contributed by atoms with Crippen LogP contribution >= 0.6 is 11.6 Å². The molecule has 5 atom stereocenters. The molecule has 2 aliphatic heterocycles. The van der Waals surface area contributed by atoms with Gasteiger partial charge in [-0.05, 0) is 54.7 Å². The topological polar surface area (TPSA) is 97.3 Å². The molecular formula is C30H43ClN2O6. The molecule has 0 radical (unpaired) electrons. The fraction of sp³-hybridized carbons (Fsp3) is 0.600. The predicted octanol–water partition coefficient (Wildman–Crippen LogP) is 5.65. The van der Waals surface area contributed by atoms with E-state index >= 15 is 0 Å². The molecule has 2 heterocycles. The van der Waals surface area contributed by atoms with Gasteiger partial charge in [0.2, 0.25) is 5.91 Å². The van der Waals surface area contributed by atoms with Crippen LogP contribution in [0.15, 0.2) is 35.9 Å². The third-order valence-electron chi connectivity index (χ3n) is 8.59. The lowest BCUT2D eigenvalue weighted by molar-refractivity contribution is -0.147. The van der Waals surface area contributed by atoms with Gasteiger partial charge in [-0.2, -0.15) is 0 Å². The number of rotatable bonds is 2. The molecule has 1 saturated heterocycles. The average Bonchev–Trinajstić information content (AvgIpc) is 2.88. The molecule has 0 unspecified atom stereocenters. The number of allylic oxidation sites excluding steroid dienone is 3. The zero-order valence-electron chi connectivity index (χ0n) is 24.3. The van der Waals surface area contributed by atoms with Gasteiger partial charge in [-0.1, -0.05) is 63.1 Å². The Morgan fingerprint density at radius 1 is 1.21 bits per heavy atom. The molecular weight excluding hydrogens is 520 g/mol. The van der Waals surface area contributed by atoms with Crippen LogP contribution in [0, 0.1) is 17.3 Å². The minimum atomic E-state index is -1.63. The van der Waals surface area contributed by atoms with E-state index in [0.29, 0.717) is 35.7 Å². The first-order chi connectivity index (χ1) is 18.2. The lowest BCUT2D eigenvalue weighted by Crippen LogP contribution is -2.63. The Morgan fingerprint density at radius 2 is 1.90 bits per heavy atom. The van der Waals surface area contributed by atoms with Crippen molar-refractivity contribution in [2.24, 2.45) is 17.3 Å². The molecule has 1 aromatic carbocycles. The first-order valence-corrected chi connectivity index (χ1v) is 13.8. The third-order valence-corrected chi connectivity index (χ3v) is 8.97. The molecule has 0 spiro atoms. The fourth-order valence-electron chi connectivity index (χ4n) is 5.48. The number of hydrogen-bond acceptors (Lipinski definition) is 6. The summed E-state index contributed by atoms with van der Waals surface area (Å²) in [5, 5.41) is 14.5. The largest absolute Gasteiger partial charge is 0.495 e. The molecule has 3 rings (SSSR count). The van der Waals surface area contributed by atoms with Gasteiger partial charge in [-0.25, -0.2) is 4.79 Å². The number of aliphatic hydroxyl groups is 1. The lowest BCUT2D eigenvalue weighted by atomic mass is 9.68. The number of carbonyl (C=O) groups is 2. The molecule has 9 heteroatoms. The number of fused-ring (bicyclic) bond motifs is 4. The molecule has 2 amide bonds. The Kier molecular flexibility index (Phi) is 9.78. The molecule has 0 saturated carbocycles. The Labute approximate surface area is 237 Å². The summed E-state index contributed by atoms with van der Waals surface area (Å²) < 4.78 is 16.8. The van der Waals surface area contributed by atoms with Gasteiger partial charge < -0.3 is 24.2 Å². The maximum atomic E-state index is 13.4. The van der Waals surface area contributed by atoms with Crippen molar-refractivity contribution in [1.82, 2.24) is 5.32 Å². The molecule has 1 fully saturated rings. The molecule has 2 aliphatic rings. The molecule has 2 N–H and O–H groups in total. The van der Waals surface area contributed by atoms with Crippen molar-refractivity contribution < 1.29 is 28.9 Å². The van der Waals surface area contributed by atoms with Crippen LogP contribution < -0.4 is 15.0 Å². The number of amides is 2. The van der Waals surface area contributed by atoms with E-state index in [4.69, 9.17) is 25.8 Å². The van der Waals surface area contributed by atoms with Crippen LogP contribution in [0.5, 0.6) is 5.75 Å². The standard InChI is InChI=1S/C30H43ClN2O6/c1-18-10-9-11-25(38-8)30(36)17-24(39-28(35)32-30)19(2)20(3)29(4,5)13-12-26(34)33(6)22-15-21(14-18)16-23(37-7)27(22)31/h9-11,15-16,19-20,24-25,36H,12-14,17H2,1-8H3,(H,32,35)/b11-9+,18-10+/t19-,20-,24-,25+,30-/m0/s1. The number of hydrogen-bond donors (Lipinski definition) is 2. The van der Waals surface area contributed by atoms with E-state index in [-0.39, 0.29) is 29.6 Å². The molecule has 216 valence electrons. The number of methoxy groups -OCH3 is 2. The van der Waals surface area contributed by atoms with Crippen LogP contribution in [-0.4, -0.2) is 56.3 Å². The summed E-state index contributed by atoms with van der Waals surface area (Å²) in [6.07, 6.45) is 5.15. The number of halogens is 1. The Balaban J connectivity index is 2.07. The Bertz CT molecular complexity index is 1130. The second-order valence-electron chi connectivity index (χ2n) is 11.6. The number of ether oxygens (including phenoxy) is 3. The lowest BCUT2D eigenvalue weighted by Gasteiger charge is -2.45. The van der Waals surface area contributed by atoms with Crippen LogP contribution in [0.1, 0.15) is 59.4 Å². The number of nitrogens with zero attached hydrogens (tertiary/aromatic N) is 1. The van der Waals surface area contributed by atoms with E-state index in [2.05, 4.69) is 26.1 Å². The van der Waals surface area contributed by atoms with Crippen molar-refractivity contribution in [1.29, 1.82) is 0 Å². The van der Waals surface area contributed by atoms with Gasteiger partial charge in [0.25, 0.3) is 0 Å². The van der Waals surface area contributed by atoms with Crippen molar-refractivity contribution in [3.05, 3.63) is 46.5 Å². The number of alkyl carbamates (subject to hydrolysis) is 1. The van der Waals surface area contributed by atoms with E-state index in [9.17, 15) is 14.7 Å². The van der Waals surface area contributed by atoms with Crippen LogP contribution in [0.2, 0.25) is 5.02 Å². The summed E-state index contributed by atoms with van der Waals surface area (Å²) >= 11 is 6.65. The van der Waals surface area contributed by atoms with E-state index in [0.717, 1.165) is 11.1 Å². The van der Waals surface area contributed by atoms with Gasteiger partial charge in [0.15, 0.2) is 5.72 Å². The SMILES string of the molecule is COc1cc2cc(c1Cl)N(C)C(=O)CCC(C)(C)[C@@H](C)[C@H](C)[C@@H]1C[C@@](O)(NC(=O)O1)[C@H](OC)/C=C/C=C(\C)C2. The summed E-state index contributed by atoms with van der Waals surface area (Å²) in [5.74, 6) is 0.423. The van der Waals surface area contributed by atoms with Gasteiger partial charge in [0, 0.05) is 27.0 Å². The smallest absolute Gasteiger partial charge is 0.409 e. The van der Waals surface area contributed by atoms with Gasteiger partial charge in [-0.15, -0.1) is 0 Å². The van der Waals surface area contributed by atoms with Gasteiger partial charge in [-0.3, -0.25) is 10.1 Å². The molecule has 0 aliphatic carbocycles. The normalized spacial score (nSPS) is 32.5. The second-order valence-corrected chi connectivity index (χ2v) is 12.0. The highest BCUT2D eigenvalue weighted by Crippen LogP contribution is 2.42. The summed E-state index contributed by atoms with van der Waals surface area (Å²) in [4.78, 5) is 27.5. The quantitative estimate of drug-likeness (QED) is 0.483. The van der Waals surface area contributed by atoms with E-state index < -0.39 is 24.0 Å². The zero-order valence-corrected chi connectivity index (χ0v) is 25.1. The minimum Gasteiger partial charge on any atom is -0.495 e. The summed E-state index contributed by atoms with van der Waals surface area (Å²) in [6.45, 7) is 10.3. The monoisotopic (exact) mass is 562 g/mol. The van der Waals surface area contributed by atoms with Gasteiger partial charge >= 0.3 is 6.09 Å². The highest BCUT2D eigenvalue weighted by molar-refractivity contribution is 6.35. The van der Waals surface area contributed by atoms with Crippen molar-refractivity contribution in [3.8, 4) is 5.75 Å². The minimum absolute atomic E-state index is 0.0530. The number of carbonyl (C=O) groups excluding carboxylic acids is 2. The summed E-state index contributed by atoms with van der Waals surface area (Å²) in [6, 6.07) is 3.79. The molecule has 1 aromatic rings. The maximum absolute atomic E-state index is 13.4. The van der Waals surface area contributed by atoms with Crippen LogP contribution in [-0.2, 0) is 20.7 Å². The highest BCUT2D eigenvalue weighted by Gasteiger charge is 2.48. The fourth-order valence-corrected chi connectivity index (χ4v) is 5.80. The van der Waals surface area contributed by atoms with Crippen molar-refractivity contribution in [2.45, 2.75) is 78.2 Å². The van der Waals surface area contributed by atoms with E-state index in [1.807, 2.05) is 38.1 Å². The third kappa shape index (κ3) is 6.97. The van der Waals surface area contributed by atoms with Crippen LogP contribution in [0.25, 0.3) is 0 Å². The first kappa shape index (κ1) is 31.0. The molecule has 8 nitrogen and oxygen atoms in total.